The molecule has 0 bridgehead atoms. The highest BCUT2D eigenvalue weighted by Crippen LogP contribution is 2.33. The first-order valence-corrected chi connectivity index (χ1v) is 10.9. The summed E-state index contributed by atoms with van der Waals surface area (Å²) < 4.78 is 5.35. The molecule has 2 heterocycles. The van der Waals surface area contributed by atoms with Gasteiger partial charge in [0.15, 0.2) is 0 Å². The topological polar surface area (TPSA) is 53.1 Å². The van der Waals surface area contributed by atoms with E-state index in [2.05, 4.69) is 11.8 Å². The Kier molecular flexibility index (Phi) is 6.74. The maximum Gasteiger partial charge on any atom is 0.257 e. The molecule has 0 N–H and O–H groups in total. The third-order valence-electron chi connectivity index (χ3n) is 6.43. The molecule has 6 nitrogen and oxygen atoms in total. The Morgan fingerprint density at radius 2 is 1.83 bits per heavy atom. The summed E-state index contributed by atoms with van der Waals surface area (Å²) in [5.74, 6) is 0.760. The van der Waals surface area contributed by atoms with Crippen LogP contribution in [0.2, 0.25) is 5.02 Å². The molecule has 2 fully saturated rings. The van der Waals surface area contributed by atoms with Gasteiger partial charge in [0.2, 0.25) is 5.91 Å². The molecule has 0 saturated carbocycles. The predicted molar refractivity (Wildman–Crippen MR) is 115 cm³/mol. The number of hydrogen-bond acceptors (Lipinski definition) is 4. The largest absolute Gasteiger partial charge is 0.496 e. The van der Waals surface area contributed by atoms with E-state index in [0.717, 1.165) is 39.0 Å². The lowest BCUT2D eigenvalue weighted by Gasteiger charge is -2.45. The number of piperazine rings is 1. The Hall–Kier alpha value is -1.79. The van der Waals surface area contributed by atoms with Crippen molar-refractivity contribution < 1.29 is 14.3 Å². The van der Waals surface area contributed by atoms with Gasteiger partial charge in [0.1, 0.15) is 5.75 Å². The standard InChI is InChI=1S/C22H32ClN3O3/c1-5-22(8-9-25(15-22)20(27)16(2)3)26-12-10-24(11-13-26)21(28)18-7-6-17(23)14-19(18)29-4/h6-7,14,16H,5,8-13,15H2,1-4H3. The Balaban J connectivity index is 1.65. The predicted octanol–water partition coefficient (Wildman–Crippen LogP) is 3.14. The second kappa shape index (κ2) is 8.92. The number of amides is 2. The molecule has 1 aromatic carbocycles. The Morgan fingerprint density at radius 1 is 1.14 bits per heavy atom. The molecule has 3 rings (SSSR count). The van der Waals surface area contributed by atoms with Crippen LogP contribution in [0.5, 0.6) is 5.75 Å². The molecule has 0 aromatic heterocycles. The van der Waals surface area contributed by atoms with Crippen LogP contribution in [0.4, 0.5) is 0 Å². The SMILES string of the molecule is CCC1(N2CCN(C(=O)c3ccc(Cl)cc3OC)CC2)CCN(C(=O)C(C)C)C1. The number of rotatable bonds is 5. The van der Waals surface area contributed by atoms with E-state index in [0.29, 0.717) is 29.4 Å². The smallest absolute Gasteiger partial charge is 0.257 e. The highest BCUT2D eigenvalue weighted by molar-refractivity contribution is 6.30. The van der Waals surface area contributed by atoms with Gasteiger partial charge in [0.25, 0.3) is 5.91 Å². The number of ether oxygens (including phenoxy) is 1. The van der Waals surface area contributed by atoms with Crippen molar-refractivity contribution in [3.8, 4) is 5.75 Å². The normalized spacial score (nSPS) is 23.0. The van der Waals surface area contributed by atoms with Crippen molar-refractivity contribution >= 4 is 23.4 Å². The molecule has 0 radical (unpaired) electrons. The van der Waals surface area contributed by atoms with Crippen LogP contribution in [-0.4, -0.2) is 78.4 Å². The molecule has 1 aromatic rings. The van der Waals surface area contributed by atoms with E-state index in [9.17, 15) is 9.59 Å². The van der Waals surface area contributed by atoms with Crippen LogP contribution in [0, 0.1) is 5.92 Å². The fourth-order valence-corrected chi connectivity index (χ4v) is 4.74. The van der Waals surface area contributed by atoms with Crippen molar-refractivity contribution in [2.45, 2.75) is 39.2 Å². The molecule has 160 valence electrons. The van der Waals surface area contributed by atoms with E-state index in [1.54, 1.807) is 25.3 Å². The van der Waals surface area contributed by atoms with Gasteiger partial charge in [-0.2, -0.15) is 0 Å². The van der Waals surface area contributed by atoms with Crippen LogP contribution >= 0.6 is 11.6 Å². The number of nitrogens with zero attached hydrogens (tertiary/aromatic N) is 3. The van der Waals surface area contributed by atoms with Gasteiger partial charge in [-0.05, 0) is 31.0 Å². The van der Waals surface area contributed by atoms with E-state index >= 15 is 0 Å². The molecule has 29 heavy (non-hydrogen) atoms. The van der Waals surface area contributed by atoms with E-state index in [1.165, 1.54) is 0 Å². The minimum absolute atomic E-state index is 0.0215. The quantitative estimate of drug-likeness (QED) is 0.732. The molecule has 2 saturated heterocycles. The lowest BCUT2D eigenvalue weighted by Crippen LogP contribution is -2.59. The summed E-state index contributed by atoms with van der Waals surface area (Å²) in [6, 6.07) is 5.13. The first-order valence-electron chi connectivity index (χ1n) is 10.5. The highest BCUT2D eigenvalue weighted by atomic mass is 35.5. The van der Waals surface area contributed by atoms with Gasteiger partial charge in [-0.3, -0.25) is 14.5 Å². The number of methoxy groups -OCH3 is 1. The van der Waals surface area contributed by atoms with Crippen molar-refractivity contribution in [1.29, 1.82) is 0 Å². The van der Waals surface area contributed by atoms with Gasteiger partial charge in [-0.25, -0.2) is 0 Å². The number of benzene rings is 1. The van der Waals surface area contributed by atoms with E-state index in [1.807, 2.05) is 23.6 Å². The Morgan fingerprint density at radius 3 is 2.41 bits per heavy atom. The van der Waals surface area contributed by atoms with Gasteiger partial charge in [0, 0.05) is 55.7 Å². The number of hydrogen-bond donors (Lipinski definition) is 0. The molecule has 7 heteroatoms. The third kappa shape index (κ3) is 4.38. The minimum atomic E-state index is -0.0215. The van der Waals surface area contributed by atoms with Gasteiger partial charge in [-0.1, -0.05) is 32.4 Å². The number of likely N-dealkylation sites (tertiary alicyclic amines) is 1. The average Bonchev–Trinajstić information content (AvgIpc) is 3.18. The number of carbonyl (C=O) groups is 2. The summed E-state index contributed by atoms with van der Waals surface area (Å²) >= 11 is 6.02. The average molecular weight is 422 g/mol. The Bertz CT molecular complexity index is 762. The van der Waals surface area contributed by atoms with Crippen molar-refractivity contribution in [3.05, 3.63) is 28.8 Å². The fraction of sp³-hybridized carbons (Fsp3) is 0.636. The van der Waals surface area contributed by atoms with E-state index in [4.69, 9.17) is 16.3 Å². The monoisotopic (exact) mass is 421 g/mol. The first-order chi connectivity index (χ1) is 13.8. The zero-order valence-corrected chi connectivity index (χ0v) is 18.7. The maximum atomic E-state index is 13.0. The summed E-state index contributed by atoms with van der Waals surface area (Å²) in [4.78, 5) is 31.9. The second-order valence-electron chi connectivity index (χ2n) is 8.37. The van der Waals surface area contributed by atoms with Crippen molar-refractivity contribution in [3.63, 3.8) is 0 Å². The zero-order chi connectivity index (χ0) is 21.2. The van der Waals surface area contributed by atoms with Gasteiger partial charge in [0.05, 0.1) is 12.7 Å². The Labute approximate surface area is 178 Å². The van der Waals surface area contributed by atoms with Crippen LogP contribution < -0.4 is 4.74 Å². The molecule has 2 aliphatic rings. The molecule has 2 amide bonds. The number of carbonyl (C=O) groups excluding carboxylic acids is 2. The molecule has 2 aliphatic heterocycles. The van der Waals surface area contributed by atoms with E-state index < -0.39 is 0 Å². The summed E-state index contributed by atoms with van der Waals surface area (Å²) in [5.41, 5.74) is 0.572. The van der Waals surface area contributed by atoms with Crippen LogP contribution in [0.1, 0.15) is 44.0 Å². The number of halogens is 1. The van der Waals surface area contributed by atoms with Crippen LogP contribution in [0.15, 0.2) is 18.2 Å². The second-order valence-corrected chi connectivity index (χ2v) is 8.80. The fourth-order valence-electron chi connectivity index (χ4n) is 4.58. The molecule has 0 aliphatic carbocycles. The molecule has 1 atom stereocenters. The lowest BCUT2D eigenvalue weighted by molar-refractivity contribution is -0.134. The summed E-state index contributed by atoms with van der Waals surface area (Å²) in [6.07, 6.45) is 2.01. The van der Waals surface area contributed by atoms with Crippen LogP contribution in [-0.2, 0) is 4.79 Å². The van der Waals surface area contributed by atoms with Crippen LogP contribution in [0.25, 0.3) is 0 Å². The van der Waals surface area contributed by atoms with Gasteiger partial charge < -0.3 is 14.5 Å². The minimum Gasteiger partial charge on any atom is -0.496 e. The first kappa shape index (κ1) is 21.9. The van der Waals surface area contributed by atoms with Crippen molar-refractivity contribution in [1.82, 2.24) is 14.7 Å². The molecule has 1 unspecified atom stereocenters. The van der Waals surface area contributed by atoms with Crippen LogP contribution in [0.3, 0.4) is 0 Å². The van der Waals surface area contributed by atoms with Crippen molar-refractivity contribution in [2.24, 2.45) is 5.92 Å². The van der Waals surface area contributed by atoms with E-state index in [-0.39, 0.29) is 23.3 Å². The summed E-state index contributed by atoms with van der Waals surface area (Å²) in [5, 5.41) is 0.551. The van der Waals surface area contributed by atoms with Gasteiger partial charge in [-0.15, -0.1) is 0 Å². The van der Waals surface area contributed by atoms with Gasteiger partial charge >= 0.3 is 0 Å². The molecular weight excluding hydrogens is 390 g/mol. The van der Waals surface area contributed by atoms with Crippen molar-refractivity contribution in [2.75, 3.05) is 46.4 Å². The summed E-state index contributed by atoms with van der Waals surface area (Å²) in [7, 11) is 1.55. The lowest BCUT2D eigenvalue weighted by atomic mass is 9.91. The zero-order valence-electron chi connectivity index (χ0n) is 17.9. The maximum absolute atomic E-state index is 13.0. The molecular formula is C22H32ClN3O3. The third-order valence-corrected chi connectivity index (χ3v) is 6.66. The molecule has 0 spiro atoms. The summed E-state index contributed by atoms with van der Waals surface area (Å²) in [6.45, 7) is 10.7. The highest BCUT2D eigenvalue weighted by Gasteiger charge is 2.44.